The third-order valence-electron chi connectivity index (χ3n) is 5.08. The Morgan fingerprint density at radius 3 is 2.82 bits per heavy atom. The SMILES string of the molecule is CC1C(O)CC2CCC1N2Cc1cccc(C(=O)O)c1Cl.I. The van der Waals surface area contributed by atoms with Crippen molar-refractivity contribution in [3.63, 3.8) is 0 Å². The average molecular weight is 438 g/mol. The summed E-state index contributed by atoms with van der Waals surface area (Å²) in [6, 6.07) is 5.92. The van der Waals surface area contributed by atoms with Crippen LogP contribution in [0.2, 0.25) is 5.02 Å². The molecule has 0 aromatic heterocycles. The van der Waals surface area contributed by atoms with Gasteiger partial charge in [-0.15, -0.1) is 24.0 Å². The van der Waals surface area contributed by atoms with E-state index < -0.39 is 5.97 Å². The monoisotopic (exact) mass is 437 g/mol. The maximum Gasteiger partial charge on any atom is 0.337 e. The third kappa shape index (κ3) is 3.13. The molecule has 22 heavy (non-hydrogen) atoms. The van der Waals surface area contributed by atoms with Gasteiger partial charge < -0.3 is 10.2 Å². The predicted octanol–water partition coefficient (Wildman–Crippen LogP) is 3.39. The maximum atomic E-state index is 11.2. The Kier molecular flexibility index (Phi) is 5.74. The van der Waals surface area contributed by atoms with Crippen molar-refractivity contribution in [2.45, 2.75) is 50.9 Å². The molecule has 2 fully saturated rings. The number of rotatable bonds is 3. The number of nitrogens with zero attached hydrogens (tertiary/aromatic N) is 1. The van der Waals surface area contributed by atoms with Crippen molar-refractivity contribution in [2.24, 2.45) is 5.92 Å². The number of hydrogen-bond donors (Lipinski definition) is 2. The lowest BCUT2D eigenvalue weighted by Gasteiger charge is -2.41. The summed E-state index contributed by atoms with van der Waals surface area (Å²) in [7, 11) is 0. The fraction of sp³-hybridized carbons (Fsp3) is 0.562. The second-order valence-corrected chi connectivity index (χ2v) is 6.59. The van der Waals surface area contributed by atoms with Gasteiger partial charge in [0.25, 0.3) is 0 Å². The Morgan fingerprint density at radius 2 is 2.14 bits per heavy atom. The zero-order chi connectivity index (χ0) is 15.1. The van der Waals surface area contributed by atoms with Crippen LogP contribution in [-0.4, -0.2) is 39.3 Å². The molecule has 2 heterocycles. The van der Waals surface area contributed by atoms with Crippen LogP contribution in [0.5, 0.6) is 0 Å². The van der Waals surface area contributed by atoms with Gasteiger partial charge in [-0.25, -0.2) is 4.79 Å². The molecule has 6 heteroatoms. The zero-order valence-corrected chi connectivity index (χ0v) is 15.5. The number of aromatic carboxylic acids is 1. The van der Waals surface area contributed by atoms with Crippen molar-refractivity contribution >= 4 is 41.5 Å². The van der Waals surface area contributed by atoms with Gasteiger partial charge in [0.1, 0.15) is 0 Å². The first-order valence-corrected chi connectivity index (χ1v) is 7.81. The zero-order valence-electron chi connectivity index (χ0n) is 12.4. The molecule has 3 rings (SSSR count). The highest BCUT2D eigenvalue weighted by Crippen LogP contribution is 2.40. The Hall–Kier alpha value is -0.370. The van der Waals surface area contributed by atoms with E-state index in [1.54, 1.807) is 6.07 Å². The molecule has 4 atom stereocenters. The van der Waals surface area contributed by atoms with Crippen LogP contribution in [0.15, 0.2) is 18.2 Å². The highest BCUT2D eigenvalue weighted by molar-refractivity contribution is 14.0. The smallest absolute Gasteiger partial charge is 0.337 e. The molecule has 0 radical (unpaired) electrons. The maximum absolute atomic E-state index is 11.2. The summed E-state index contributed by atoms with van der Waals surface area (Å²) in [4.78, 5) is 13.6. The molecule has 1 aromatic carbocycles. The normalized spacial score (nSPS) is 30.9. The van der Waals surface area contributed by atoms with E-state index in [0.717, 1.165) is 24.8 Å². The Morgan fingerprint density at radius 1 is 1.41 bits per heavy atom. The first-order valence-electron chi connectivity index (χ1n) is 7.43. The topological polar surface area (TPSA) is 60.8 Å². The average Bonchev–Trinajstić information content (AvgIpc) is 2.75. The van der Waals surface area contributed by atoms with E-state index in [0.29, 0.717) is 23.7 Å². The van der Waals surface area contributed by atoms with E-state index in [-0.39, 0.29) is 41.6 Å². The van der Waals surface area contributed by atoms with E-state index >= 15 is 0 Å². The van der Waals surface area contributed by atoms with Gasteiger partial charge in [0, 0.05) is 18.6 Å². The van der Waals surface area contributed by atoms with E-state index in [2.05, 4.69) is 11.8 Å². The molecule has 0 aliphatic carbocycles. The summed E-state index contributed by atoms with van der Waals surface area (Å²) in [6.07, 6.45) is 2.77. The molecule has 1 aromatic rings. The minimum Gasteiger partial charge on any atom is -0.478 e. The van der Waals surface area contributed by atoms with Gasteiger partial charge in [0.2, 0.25) is 0 Å². The number of carbonyl (C=O) groups is 1. The predicted molar refractivity (Wildman–Crippen MR) is 96.0 cm³/mol. The number of halogens is 2. The van der Waals surface area contributed by atoms with Gasteiger partial charge in [-0.2, -0.15) is 0 Å². The summed E-state index contributed by atoms with van der Waals surface area (Å²) in [5.41, 5.74) is 1.02. The number of fused-ring (bicyclic) bond motifs is 2. The van der Waals surface area contributed by atoms with E-state index in [1.807, 2.05) is 6.07 Å². The van der Waals surface area contributed by atoms with Gasteiger partial charge in [-0.3, -0.25) is 4.90 Å². The molecule has 2 saturated heterocycles. The second-order valence-electron chi connectivity index (χ2n) is 6.22. The van der Waals surface area contributed by atoms with Crippen molar-refractivity contribution in [1.82, 2.24) is 4.90 Å². The lowest BCUT2D eigenvalue weighted by Crippen LogP contribution is -2.49. The number of carboxylic acid groups (broad SMARTS) is 1. The lowest BCUT2D eigenvalue weighted by atomic mass is 9.88. The first kappa shape index (κ1) is 18.0. The van der Waals surface area contributed by atoms with Crippen molar-refractivity contribution in [3.8, 4) is 0 Å². The summed E-state index contributed by atoms with van der Waals surface area (Å²) in [5, 5.41) is 19.6. The van der Waals surface area contributed by atoms with E-state index in [1.165, 1.54) is 6.07 Å². The molecule has 122 valence electrons. The molecular formula is C16H21ClINO3. The van der Waals surface area contributed by atoms with Crippen molar-refractivity contribution in [2.75, 3.05) is 0 Å². The molecule has 2 bridgehead atoms. The lowest BCUT2D eigenvalue weighted by molar-refractivity contribution is -0.0147. The van der Waals surface area contributed by atoms with Gasteiger partial charge in [0.15, 0.2) is 0 Å². The Balaban J connectivity index is 0.00000176. The van der Waals surface area contributed by atoms with E-state index in [9.17, 15) is 9.90 Å². The molecule has 0 spiro atoms. The second kappa shape index (κ2) is 7.03. The Bertz CT molecular complexity index is 568. The van der Waals surface area contributed by atoms with Crippen molar-refractivity contribution in [3.05, 3.63) is 34.3 Å². The van der Waals surface area contributed by atoms with Gasteiger partial charge in [-0.05, 0) is 36.8 Å². The van der Waals surface area contributed by atoms with Crippen molar-refractivity contribution in [1.29, 1.82) is 0 Å². The van der Waals surface area contributed by atoms with Crippen molar-refractivity contribution < 1.29 is 15.0 Å². The molecular weight excluding hydrogens is 417 g/mol. The first-order chi connectivity index (χ1) is 9.99. The van der Waals surface area contributed by atoms with Crippen LogP contribution >= 0.6 is 35.6 Å². The number of carboxylic acids is 1. The van der Waals surface area contributed by atoms with Crippen LogP contribution in [-0.2, 0) is 6.54 Å². The van der Waals surface area contributed by atoms with Gasteiger partial charge in [-0.1, -0.05) is 30.7 Å². The Labute approximate surface area is 152 Å². The third-order valence-corrected chi connectivity index (χ3v) is 5.53. The van der Waals surface area contributed by atoms with Crippen LogP contribution in [0.4, 0.5) is 0 Å². The fourth-order valence-corrected chi connectivity index (χ4v) is 4.11. The van der Waals surface area contributed by atoms with Crippen LogP contribution in [0, 0.1) is 5.92 Å². The largest absolute Gasteiger partial charge is 0.478 e. The quantitative estimate of drug-likeness (QED) is 0.712. The molecule has 4 nitrogen and oxygen atoms in total. The number of piperidine rings is 1. The minimum atomic E-state index is -0.993. The molecule has 4 unspecified atom stereocenters. The molecule has 0 saturated carbocycles. The van der Waals surface area contributed by atoms with Gasteiger partial charge >= 0.3 is 5.97 Å². The summed E-state index contributed by atoms with van der Waals surface area (Å²) >= 11 is 6.25. The fourth-order valence-electron chi connectivity index (χ4n) is 3.84. The summed E-state index contributed by atoms with van der Waals surface area (Å²) in [5.74, 6) is -0.738. The van der Waals surface area contributed by atoms with Crippen LogP contribution in [0.25, 0.3) is 0 Å². The molecule has 2 aliphatic heterocycles. The highest BCUT2D eigenvalue weighted by atomic mass is 127. The summed E-state index contributed by atoms with van der Waals surface area (Å²) < 4.78 is 0. The van der Waals surface area contributed by atoms with E-state index in [4.69, 9.17) is 16.7 Å². The van der Waals surface area contributed by atoms with Gasteiger partial charge in [0.05, 0.1) is 16.7 Å². The summed E-state index contributed by atoms with van der Waals surface area (Å²) in [6.45, 7) is 2.76. The minimum absolute atomic E-state index is 0. The highest BCUT2D eigenvalue weighted by Gasteiger charge is 2.44. The van der Waals surface area contributed by atoms with Crippen LogP contribution in [0.3, 0.4) is 0 Å². The number of aliphatic hydroxyl groups is 1. The number of benzene rings is 1. The van der Waals surface area contributed by atoms with Crippen LogP contribution < -0.4 is 0 Å². The molecule has 0 amide bonds. The number of aliphatic hydroxyl groups excluding tert-OH is 1. The molecule has 2 N–H and O–H groups in total. The number of hydrogen-bond acceptors (Lipinski definition) is 3. The standard InChI is InChI=1S/C16H20ClNO3.HI/c1-9-13-6-5-11(7-14(9)19)18(13)8-10-3-2-4-12(15(10)17)16(20)21;/h2-4,9,11,13-14,19H,5-8H2,1H3,(H,20,21);1H. The van der Waals surface area contributed by atoms with Crippen LogP contribution in [0.1, 0.15) is 42.1 Å². The molecule has 2 aliphatic rings.